The van der Waals surface area contributed by atoms with Crippen LogP contribution in [0.3, 0.4) is 0 Å². The highest BCUT2D eigenvalue weighted by Crippen LogP contribution is 2.39. The number of amides is 2. The van der Waals surface area contributed by atoms with Gasteiger partial charge in [0.2, 0.25) is 11.8 Å². The Balaban J connectivity index is 1.21. The van der Waals surface area contributed by atoms with Crippen LogP contribution in [0.4, 0.5) is 0 Å². The molecule has 10 heteroatoms. The first kappa shape index (κ1) is 38.6. The number of aliphatic hydroxyl groups excluding tert-OH is 2. The smallest absolute Gasteiger partial charge is 0.220 e. The molecule has 0 radical (unpaired) electrons. The molecule has 0 unspecified atom stereocenters. The van der Waals surface area contributed by atoms with E-state index in [2.05, 4.69) is 16.7 Å². The summed E-state index contributed by atoms with van der Waals surface area (Å²) in [4.78, 5) is 25.4. The summed E-state index contributed by atoms with van der Waals surface area (Å²) >= 11 is 0. The minimum absolute atomic E-state index is 0.0153. The number of carbonyl (C=O) groups is 2. The van der Waals surface area contributed by atoms with Crippen LogP contribution in [0.5, 0.6) is 5.75 Å². The summed E-state index contributed by atoms with van der Waals surface area (Å²) in [6.07, 6.45) is 1.77. The number of rotatable bonds is 17. The van der Waals surface area contributed by atoms with Crippen LogP contribution < -0.4 is 10.6 Å². The molecule has 276 valence electrons. The molecule has 4 aromatic rings. The van der Waals surface area contributed by atoms with E-state index in [-0.39, 0.29) is 36.4 Å². The number of likely N-dealkylation sites (N-methyl/N-ethyl adjacent to an activating group) is 1. The molecule has 10 nitrogen and oxygen atoms in total. The van der Waals surface area contributed by atoms with Crippen molar-refractivity contribution in [1.82, 2.24) is 15.5 Å². The Hall–Kier alpha value is -4.58. The molecule has 4 atom stereocenters. The van der Waals surface area contributed by atoms with Crippen LogP contribution in [-0.4, -0.2) is 64.8 Å². The molecule has 1 saturated heterocycles. The summed E-state index contributed by atoms with van der Waals surface area (Å²) in [5.74, 6) is 0.0996. The van der Waals surface area contributed by atoms with Gasteiger partial charge in [0, 0.05) is 51.5 Å². The molecule has 2 amide bonds. The molecule has 4 aromatic carbocycles. The Bertz CT molecular complexity index is 1730. The molecule has 1 heterocycles. The Morgan fingerprint density at radius 3 is 2.33 bits per heavy atom. The number of hydrogen-bond acceptors (Lipinski definition) is 8. The van der Waals surface area contributed by atoms with Gasteiger partial charge in [-0.3, -0.25) is 9.59 Å². The van der Waals surface area contributed by atoms with Gasteiger partial charge in [0.05, 0.1) is 24.9 Å². The number of nitrogens with one attached hydrogen (secondary N) is 2. The molecular weight excluding hydrogens is 658 g/mol. The predicted molar refractivity (Wildman–Crippen MR) is 200 cm³/mol. The molecule has 1 aliphatic heterocycles. The molecule has 0 aromatic heterocycles. The van der Waals surface area contributed by atoms with Crippen molar-refractivity contribution in [3.8, 4) is 16.9 Å². The first-order valence-corrected chi connectivity index (χ1v) is 18.0. The molecule has 1 fully saturated rings. The monoisotopic (exact) mass is 709 g/mol. The van der Waals surface area contributed by atoms with E-state index in [1.807, 2.05) is 78.7 Å². The van der Waals surface area contributed by atoms with Crippen LogP contribution in [-0.2, 0) is 32.2 Å². The number of nitrogens with zero attached hydrogens (tertiary/aromatic N) is 1. The van der Waals surface area contributed by atoms with Crippen molar-refractivity contribution >= 4 is 11.8 Å². The van der Waals surface area contributed by atoms with Crippen molar-refractivity contribution < 1.29 is 34.4 Å². The van der Waals surface area contributed by atoms with Gasteiger partial charge in [-0.15, -0.1) is 0 Å². The normalized spacial score (nSPS) is 17.8. The first-order valence-electron chi connectivity index (χ1n) is 18.0. The number of hydrogen-bond donors (Lipinski definition) is 5. The van der Waals surface area contributed by atoms with Gasteiger partial charge in [-0.25, -0.2) is 0 Å². The van der Waals surface area contributed by atoms with Crippen molar-refractivity contribution in [3.63, 3.8) is 0 Å². The van der Waals surface area contributed by atoms with Crippen LogP contribution >= 0.6 is 0 Å². The third-order valence-corrected chi connectivity index (χ3v) is 9.26. The maximum atomic E-state index is 12.4. The number of phenols is 1. The topological polar surface area (TPSA) is 141 Å². The zero-order valence-electron chi connectivity index (χ0n) is 30.0. The molecule has 5 rings (SSSR count). The summed E-state index contributed by atoms with van der Waals surface area (Å²) in [5.41, 5.74) is 6.44. The molecule has 1 aliphatic rings. The Morgan fingerprint density at radius 2 is 1.60 bits per heavy atom. The largest absolute Gasteiger partial charge is 0.508 e. The van der Waals surface area contributed by atoms with Gasteiger partial charge in [-0.1, -0.05) is 85.3 Å². The highest BCUT2D eigenvalue weighted by atomic mass is 16.7. The molecule has 0 saturated carbocycles. The number of phenolic OH excluding ortho intramolecular Hbond substituents is 1. The summed E-state index contributed by atoms with van der Waals surface area (Å²) in [6.45, 7) is 3.48. The Kier molecular flexibility index (Phi) is 14.4. The predicted octanol–water partition coefficient (Wildman–Crippen LogP) is 6.08. The fourth-order valence-electron chi connectivity index (χ4n) is 6.42. The van der Waals surface area contributed by atoms with Gasteiger partial charge in [0.1, 0.15) is 5.75 Å². The van der Waals surface area contributed by atoms with Gasteiger partial charge < -0.3 is 40.3 Å². The van der Waals surface area contributed by atoms with Gasteiger partial charge in [0.15, 0.2) is 6.29 Å². The van der Waals surface area contributed by atoms with Crippen molar-refractivity contribution in [2.45, 2.75) is 76.8 Å². The van der Waals surface area contributed by atoms with E-state index in [1.165, 1.54) is 6.92 Å². The molecule has 52 heavy (non-hydrogen) atoms. The standard InChI is InChI=1S/C42H51N3O7/c1-29(47)43-21-5-3-4-12-41(50)44-25-31-8-6-9-35(22-31)32-17-19-34(20-18-32)42-51-38(24-40(52-42)33-15-13-30(28-46)14-16-33)26-45(2)27-39(49)36-10-7-11-37(48)23-36/h6-11,13-20,22-23,38-40,42,46,48-49H,3-5,12,21,24-28H2,1-2H3,(H,43,47)(H,44,50)/t38-,39-,40+,42+/m1/s1. The summed E-state index contributed by atoms with van der Waals surface area (Å²) in [6, 6.07) is 30.7. The minimum atomic E-state index is -0.769. The third-order valence-electron chi connectivity index (χ3n) is 9.26. The highest BCUT2D eigenvalue weighted by molar-refractivity contribution is 5.76. The maximum absolute atomic E-state index is 12.4. The fourth-order valence-corrected chi connectivity index (χ4v) is 6.42. The lowest BCUT2D eigenvalue weighted by Gasteiger charge is -2.38. The average Bonchev–Trinajstić information content (AvgIpc) is 3.15. The second kappa shape index (κ2) is 19.3. The average molecular weight is 710 g/mol. The quantitative estimate of drug-likeness (QED) is 0.0833. The van der Waals surface area contributed by atoms with Crippen molar-refractivity contribution in [1.29, 1.82) is 0 Å². The number of unbranched alkanes of at least 4 members (excludes halogenated alkanes) is 2. The lowest BCUT2D eigenvalue weighted by atomic mass is 9.98. The lowest BCUT2D eigenvalue weighted by molar-refractivity contribution is -0.252. The van der Waals surface area contributed by atoms with E-state index in [4.69, 9.17) is 9.47 Å². The number of aromatic hydroxyl groups is 1. The third kappa shape index (κ3) is 11.7. The zero-order valence-corrected chi connectivity index (χ0v) is 30.0. The molecule has 0 aliphatic carbocycles. The Labute approximate surface area is 306 Å². The van der Waals surface area contributed by atoms with E-state index < -0.39 is 12.4 Å². The summed E-state index contributed by atoms with van der Waals surface area (Å²) < 4.78 is 13.1. The van der Waals surface area contributed by atoms with E-state index in [1.54, 1.807) is 24.3 Å². The van der Waals surface area contributed by atoms with Crippen LogP contribution in [0.2, 0.25) is 0 Å². The minimum Gasteiger partial charge on any atom is -0.508 e. The number of carbonyl (C=O) groups excluding carboxylic acids is 2. The second-order valence-electron chi connectivity index (χ2n) is 13.6. The van der Waals surface area contributed by atoms with Gasteiger partial charge in [-0.2, -0.15) is 0 Å². The molecule has 5 N–H and O–H groups in total. The zero-order chi connectivity index (χ0) is 36.9. The molecule has 0 spiro atoms. The summed E-state index contributed by atoms with van der Waals surface area (Å²) in [5, 5.41) is 36.1. The van der Waals surface area contributed by atoms with Crippen LogP contribution in [0.25, 0.3) is 11.1 Å². The number of benzene rings is 4. The lowest BCUT2D eigenvalue weighted by Crippen LogP contribution is -2.39. The second-order valence-corrected chi connectivity index (χ2v) is 13.6. The molecule has 0 bridgehead atoms. The Morgan fingerprint density at radius 1 is 0.846 bits per heavy atom. The molecular formula is C42H51N3O7. The van der Waals surface area contributed by atoms with E-state index in [0.717, 1.165) is 52.6 Å². The maximum Gasteiger partial charge on any atom is 0.220 e. The number of ether oxygens (including phenoxy) is 2. The van der Waals surface area contributed by atoms with E-state index in [9.17, 15) is 24.9 Å². The van der Waals surface area contributed by atoms with Crippen LogP contribution in [0.15, 0.2) is 97.1 Å². The van der Waals surface area contributed by atoms with E-state index >= 15 is 0 Å². The SMILES string of the molecule is CC(=O)NCCCCCC(=O)NCc1cccc(-c2ccc([C@H]3O[C@@H](CN(C)C[C@@H](O)c4cccc(O)c4)C[C@@H](c4ccc(CO)cc4)O3)cc2)c1. The first-order chi connectivity index (χ1) is 25.2. The van der Waals surface area contributed by atoms with Crippen molar-refractivity contribution in [3.05, 3.63) is 125 Å². The number of aliphatic hydroxyl groups is 2. The summed E-state index contributed by atoms with van der Waals surface area (Å²) in [7, 11) is 1.94. The van der Waals surface area contributed by atoms with Crippen LogP contribution in [0, 0.1) is 0 Å². The van der Waals surface area contributed by atoms with Gasteiger partial charge in [0.25, 0.3) is 0 Å². The van der Waals surface area contributed by atoms with Gasteiger partial charge >= 0.3 is 0 Å². The van der Waals surface area contributed by atoms with Crippen LogP contribution in [0.1, 0.15) is 85.3 Å². The van der Waals surface area contributed by atoms with Crippen molar-refractivity contribution in [2.24, 2.45) is 0 Å². The highest BCUT2D eigenvalue weighted by Gasteiger charge is 2.33. The van der Waals surface area contributed by atoms with E-state index in [0.29, 0.717) is 44.6 Å². The van der Waals surface area contributed by atoms with Gasteiger partial charge in [-0.05, 0) is 71.5 Å². The van der Waals surface area contributed by atoms with Crippen molar-refractivity contribution in [2.75, 3.05) is 26.7 Å². The fraction of sp³-hybridized carbons (Fsp3) is 0.381.